The Morgan fingerprint density at radius 1 is 0.618 bits per heavy atom. The van der Waals surface area contributed by atoms with Crippen LogP contribution in [0, 0.1) is 0 Å². The number of aromatic nitrogens is 4. The monoisotopic (exact) mass is 467 g/mol. The van der Waals surface area contributed by atoms with E-state index in [4.69, 9.17) is 0 Å². The minimum Gasteiger partial charge on any atom is -0.333 e. The number of pyridine rings is 2. The van der Waals surface area contributed by atoms with Gasteiger partial charge in [-0.25, -0.2) is 4.98 Å². The van der Waals surface area contributed by atoms with Crippen molar-refractivity contribution in [3.8, 4) is 0 Å². The van der Waals surface area contributed by atoms with Gasteiger partial charge in [0.05, 0.1) is 17.9 Å². The fraction of sp³-hybridized carbons (Fsp3) is 0.519. The summed E-state index contributed by atoms with van der Waals surface area (Å²) in [5.74, 6) is 1.19. The van der Waals surface area contributed by atoms with Crippen molar-refractivity contribution in [3.63, 3.8) is 0 Å². The van der Waals surface area contributed by atoms with Crippen LogP contribution in [0.2, 0.25) is 0 Å². The van der Waals surface area contributed by atoms with Crippen LogP contribution >= 0.6 is 0 Å². The Morgan fingerprint density at radius 2 is 1.24 bits per heavy atom. The zero-order chi connectivity index (χ0) is 21.6. The molecule has 0 fully saturated rings. The molecule has 6 heterocycles. The average Bonchev–Trinajstić information content (AvgIpc) is 3.39. The number of hydrogen-bond donors (Lipinski definition) is 0. The second-order valence-electron chi connectivity index (χ2n) is 8.65. The lowest BCUT2D eigenvalue weighted by molar-refractivity contribution is 0.264. The van der Waals surface area contributed by atoms with Crippen LogP contribution < -0.4 is 0 Å². The summed E-state index contributed by atoms with van der Waals surface area (Å²) in [5.41, 5.74) is 5.29. The summed E-state index contributed by atoms with van der Waals surface area (Å²) in [5, 5.41) is 0. The maximum absolute atomic E-state index is 4.33. The van der Waals surface area contributed by atoms with E-state index < -0.39 is 0 Å². The maximum Gasteiger partial charge on any atom is 0.122 e. The zero-order valence-electron chi connectivity index (χ0n) is 18.9. The maximum atomic E-state index is 4.33. The second-order valence-corrected chi connectivity index (χ2v) is 8.65. The van der Waals surface area contributed by atoms with Crippen LogP contribution in [0.25, 0.3) is 0 Å². The van der Waals surface area contributed by atoms with E-state index in [0.29, 0.717) is 0 Å². The molecule has 7 nitrogen and oxygen atoms in total. The molecule has 0 aliphatic carbocycles. The van der Waals surface area contributed by atoms with Gasteiger partial charge >= 0.3 is 0 Å². The van der Waals surface area contributed by atoms with Gasteiger partial charge in [0, 0.05) is 64.1 Å². The van der Waals surface area contributed by atoms with Crippen LogP contribution in [0.4, 0.5) is 0 Å². The first-order chi connectivity index (χ1) is 15.1. The molecule has 0 N–H and O–H groups in total. The SMILES string of the molecule is C.C.C.CN1CCc2cccnc2C1.CN1CCn2ccnc2C1.CN1Cc2cccnc2C1. The van der Waals surface area contributed by atoms with Gasteiger partial charge in [-0.1, -0.05) is 34.4 Å². The number of hydrogen-bond acceptors (Lipinski definition) is 6. The molecule has 3 aliphatic rings. The molecule has 3 aliphatic heterocycles. The normalized spacial score (nSPS) is 16.4. The Hall–Kier alpha value is -2.61. The van der Waals surface area contributed by atoms with E-state index in [1.54, 1.807) is 0 Å². The second kappa shape index (κ2) is 13.9. The van der Waals surface area contributed by atoms with Crippen molar-refractivity contribution in [3.05, 3.63) is 77.4 Å². The van der Waals surface area contributed by atoms with Crippen LogP contribution in [0.1, 0.15) is 50.6 Å². The van der Waals surface area contributed by atoms with Gasteiger partial charge in [0.2, 0.25) is 0 Å². The highest BCUT2D eigenvalue weighted by Crippen LogP contribution is 2.17. The summed E-state index contributed by atoms with van der Waals surface area (Å²) in [6, 6.07) is 8.34. The van der Waals surface area contributed by atoms with Crippen LogP contribution in [0.5, 0.6) is 0 Å². The first-order valence-corrected chi connectivity index (χ1v) is 11.0. The fourth-order valence-corrected chi connectivity index (χ4v) is 4.14. The molecule has 0 spiro atoms. The quantitative estimate of drug-likeness (QED) is 0.490. The topological polar surface area (TPSA) is 53.3 Å². The van der Waals surface area contributed by atoms with E-state index in [0.717, 1.165) is 45.7 Å². The van der Waals surface area contributed by atoms with Crippen LogP contribution in [0.3, 0.4) is 0 Å². The summed E-state index contributed by atoms with van der Waals surface area (Å²) in [7, 11) is 6.37. The standard InChI is InChI=1S/C9H12N2.C8H10N2.C7H11N3.3CH4/c1-11-6-4-8-3-2-5-10-9(8)7-11;1-10-5-7-3-2-4-9-8(7)6-10;1-9-4-5-10-3-2-8-7(10)6-9;;;/h2-3,5H,4,6-7H2,1H3;2-4H,5-6H2,1H3;2-3H,4-6H2,1H3;3*1H4. The van der Waals surface area contributed by atoms with Crippen LogP contribution in [-0.2, 0) is 39.1 Å². The zero-order valence-corrected chi connectivity index (χ0v) is 18.9. The summed E-state index contributed by atoms with van der Waals surface area (Å²) in [6.07, 6.45) is 8.80. The van der Waals surface area contributed by atoms with Crippen molar-refractivity contribution in [2.24, 2.45) is 0 Å². The van der Waals surface area contributed by atoms with E-state index in [2.05, 4.69) is 67.5 Å². The molecule has 34 heavy (non-hydrogen) atoms. The Balaban J connectivity index is 0.000000245. The van der Waals surface area contributed by atoms with Crippen molar-refractivity contribution in [1.82, 2.24) is 34.2 Å². The third-order valence-corrected chi connectivity index (χ3v) is 5.95. The molecule has 188 valence electrons. The molecule has 0 amide bonds. The van der Waals surface area contributed by atoms with Crippen molar-refractivity contribution < 1.29 is 0 Å². The third kappa shape index (κ3) is 7.72. The highest BCUT2D eigenvalue weighted by Gasteiger charge is 2.15. The van der Waals surface area contributed by atoms with Gasteiger partial charge in [-0.15, -0.1) is 0 Å². The number of imidazole rings is 1. The van der Waals surface area contributed by atoms with Crippen molar-refractivity contribution >= 4 is 0 Å². The van der Waals surface area contributed by atoms with Gasteiger partial charge in [-0.3, -0.25) is 19.8 Å². The van der Waals surface area contributed by atoms with Crippen molar-refractivity contribution in [2.45, 2.75) is 61.4 Å². The van der Waals surface area contributed by atoms with E-state index in [1.807, 2.05) is 36.9 Å². The minimum atomic E-state index is 0. The smallest absolute Gasteiger partial charge is 0.122 e. The molecule has 6 rings (SSSR count). The Kier molecular flexibility index (Phi) is 12.1. The Labute approximate surface area is 207 Å². The minimum absolute atomic E-state index is 0. The van der Waals surface area contributed by atoms with Crippen molar-refractivity contribution in [2.75, 3.05) is 34.2 Å². The largest absolute Gasteiger partial charge is 0.333 e. The summed E-state index contributed by atoms with van der Waals surface area (Å²) >= 11 is 0. The lowest BCUT2D eigenvalue weighted by Gasteiger charge is -2.23. The summed E-state index contributed by atoms with van der Waals surface area (Å²) in [6.45, 7) is 7.47. The highest BCUT2D eigenvalue weighted by molar-refractivity contribution is 5.23. The van der Waals surface area contributed by atoms with E-state index in [-0.39, 0.29) is 22.3 Å². The molecule has 0 saturated heterocycles. The molecule has 0 bridgehead atoms. The molecule has 0 atom stereocenters. The molecule has 0 saturated carbocycles. The lowest BCUT2D eigenvalue weighted by atomic mass is 10.1. The molecular weight excluding hydrogens is 422 g/mol. The number of likely N-dealkylation sites (N-methyl/N-ethyl adjacent to an activating group) is 2. The van der Waals surface area contributed by atoms with E-state index in [9.17, 15) is 0 Å². The van der Waals surface area contributed by atoms with E-state index in [1.165, 1.54) is 34.9 Å². The molecular formula is C27H45N7. The van der Waals surface area contributed by atoms with E-state index >= 15 is 0 Å². The van der Waals surface area contributed by atoms with Gasteiger partial charge in [0.1, 0.15) is 5.82 Å². The number of nitrogens with zero attached hydrogens (tertiary/aromatic N) is 7. The van der Waals surface area contributed by atoms with Gasteiger partial charge in [-0.05, 0) is 50.8 Å². The molecule has 0 aromatic carbocycles. The highest BCUT2D eigenvalue weighted by atomic mass is 15.2. The van der Waals surface area contributed by atoms with Gasteiger partial charge in [-0.2, -0.15) is 0 Å². The first kappa shape index (κ1) is 29.4. The predicted octanol–water partition coefficient (Wildman–Crippen LogP) is 4.33. The van der Waals surface area contributed by atoms with Gasteiger partial charge in [0.15, 0.2) is 0 Å². The third-order valence-electron chi connectivity index (χ3n) is 5.95. The fourth-order valence-electron chi connectivity index (χ4n) is 4.14. The van der Waals surface area contributed by atoms with Crippen LogP contribution in [0.15, 0.2) is 49.1 Å². The lowest BCUT2D eigenvalue weighted by Crippen LogP contribution is -2.30. The molecule has 3 aromatic rings. The van der Waals surface area contributed by atoms with Crippen LogP contribution in [-0.4, -0.2) is 68.5 Å². The van der Waals surface area contributed by atoms with Gasteiger partial charge in [0.25, 0.3) is 0 Å². The Bertz CT molecular complexity index is 959. The van der Waals surface area contributed by atoms with Crippen molar-refractivity contribution in [1.29, 1.82) is 0 Å². The average molecular weight is 468 g/mol. The number of fused-ring (bicyclic) bond motifs is 3. The molecule has 3 aromatic heterocycles. The molecule has 7 heteroatoms. The summed E-state index contributed by atoms with van der Waals surface area (Å²) in [4.78, 5) is 19.7. The Morgan fingerprint density at radius 3 is 1.94 bits per heavy atom. The molecule has 0 unspecified atom stereocenters. The predicted molar refractivity (Wildman–Crippen MR) is 142 cm³/mol. The first-order valence-electron chi connectivity index (χ1n) is 11.0. The number of rotatable bonds is 0. The summed E-state index contributed by atoms with van der Waals surface area (Å²) < 4.78 is 2.21. The van der Waals surface area contributed by atoms with Gasteiger partial charge < -0.3 is 9.47 Å². The molecule has 0 radical (unpaired) electrons.